The monoisotopic (exact) mass is 306 g/mol. The number of amides is 1. The minimum Gasteiger partial charge on any atom is -0.399 e. The first-order valence-electron chi connectivity index (χ1n) is 6.14. The van der Waals surface area contributed by atoms with Crippen LogP contribution in [0.2, 0.25) is 4.34 Å². The van der Waals surface area contributed by atoms with E-state index in [0.29, 0.717) is 5.69 Å². The van der Waals surface area contributed by atoms with Gasteiger partial charge < -0.3 is 11.1 Å². The van der Waals surface area contributed by atoms with Gasteiger partial charge in [0, 0.05) is 16.6 Å². The Kier molecular flexibility index (Phi) is 4.82. The number of thiophene rings is 1. The molecule has 0 radical (unpaired) electrons. The number of hydrogen-bond donors (Lipinski definition) is 2. The van der Waals surface area contributed by atoms with Gasteiger partial charge in [0.15, 0.2) is 0 Å². The summed E-state index contributed by atoms with van der Waals surface area (Å²) in [6, 6.07) is 11.0. The smallest absolute Gasteiger partial charge is 0.244 e. The Balaban J connectivity index is 1.95. The van der Waals surface area contributed by atoms with E-state index in [0.717, 1.165) is 14.8 Å². The molecular weight excluding hydrogens is 292 g/mol. The van der Waals surface area contributed by atoms with Crippen molar-refractivity contribution < 1.29 is 4.79 Å². The van der Waals surface area contributed by atoms with E-state index in [4.69, 9.17) is 17.3 Å². The molecular formula is C15H15ClN2OS. The molecule has 1 atom stereocenters. The van der Waals surface area contributed by atoms with Crippen molar-refractivity contribution in [1.29, 1.82) is 0 Å². The van der Waals surface area contributed by atoms with Crippen LogP contribution in [0.15, 0.2) is 42.5 Å². The molecule has 0 spiro atoms. The average Bonchev–Trinajstić information content (AvgIpc) is 2.83. The molecule has 2 rings (SSSR count). The molecule has 3 N–H and O–H groups in total. The van der Waals surface area contributed by atoms with Gasteiger partial charge in [0.1, 0.15) is 0 Å². The molecule has 1 aromatic carbocycles. The van der Waals surface area contributed by atoms with Crippen LogP contribution in [0.25, 0.3) is 6.08 Å². The topological polar surface area (TPSA) is 55.1 Å². The van der Waals surface area contributed by atoms with E-state index in [1.54, 1.807) is 12.1 Å². The highest BCUT2D eigenvalue weighted by Crippen LogP contribution is 2.26. The summed E-state index contributed by atoms with van der Waals surface area (Å²) in [5.41, 5.74) is 7.25. The van der Waals surface area contributed by atoms with E-state index in [2.05, 4.69) is 5.32 Å². The molecule has 1 unspecified atom stereocenters. The highest BCUT2D eigenvalue weighted by Gasteiger charge is 2.09. The maximum absolute atomic E-state index is 11.8. The molecule has 5 heteroatoms. The lowest BCUT2D eigenvalue weighted by molar-refractivity contribution is -0.117. The van der Waals surface area contributed by atoms with E-state index in [9.17, 15) is 4.79 Å². The minimum absolute atomic E-state index is 0.0644. The van der Waals surface area contributed by atoms with Crippen molar-refractivity contribution in [3.05, 3.63) is 57.3 Å². The summed E-state index contributed by atoms with van der Waals surface area (Å²) in [6.07, 6.45) is 3.24. The Labute approximate surface area is 127 Å². The Morgan fingerprint density at radius 2 is 2.20 bits per heavy atom. The molecule has 3 nitrogen and oxygen atoms in total. The first-order valence-corrected chi connectivity index (χ1v) is 7.33. The van der Waals surface area contributed by atoms with Crippen molar-refractivity contribution in [3.63, 3.8) is 0 Å². The summed E-state index contributed by atoms with van der Waals surface area (Å²) in [5.74, 6) is -0.149. The second kappa shape index (κ2) is 6.59. The van der Waals surface area contributed by atoms with E-state index < -0.39 is 0 Å². The number of rotatable bonds is 4. The zero-order chi connectivity index (χ0) is 14.5. The molecule has 2 aromatic rings. The Morgan fingerprint density at radius 3 is 2.85 bits per heavy atom. The Morgan fingerprint density at radius 1 is 1.40 bits per heavy atom. The van der Waals surface area contributed by atoms with Crippen LogP contribution in [-0.4, -0.2) is 5.91 Å². The van der Waals surface area contributed by atoms with Gasteiger partial charge in [-0.1, -0.05) is 23.7 Å². The van der Waals surface area contributed by atoms with E-state index in [1.165, 1.54) is 17.4 Å². The van der Waals surface area contributed by atoms with E-state index in [1.807, 2.05) is 37.3 Å². The predicted molar refractivity (Wildman–Crippen MR) is 85.8 cm³/mol. The lowest BCUT2D eigenvalue weighted by atomic mass is 10.2. The van der Waals surface area contributed by atoms with Gasteiger partial charge in [-0.15, -0.1) is 11.3 Å². The fourth-order valence-electron chi connectivity index (χ4n) is 1.73. The van der Waals surface area contributed by atoms with Gasteiger partial charge in [-0.25, -0.2) is 0 Å². The van der Waals surface area contributed by atoms with Crippen molar-refractivity contribution >= 4 is 40.6 Å². The number of nitrogens with one attached hydrogen (secondary N) is 1. The minimum atomic E-state index is -0.149. The summed E-state index contributed by atoms with van der Waals surface area (Å²) >= 11 is 7.34. The van der Waals surface area contributed by atoms with E-state index in [-0.39, 0.29) is 11.9 Å². The number of carbonyl (C=O) groups is 1. The van der Waals surface area contributed by atoms with Gasteiger partial charge in [0.25, 0.3) is 0 Å². The van der Waals surface area contributed by atoms with Crippen LogP contribution in [0.1, 0.15) is 23.4 Å². The van der Waals surface area contributed by atoms with Gasteiger partial charge in [0.05, 0.1) is 10.4 Å². The second-order valence-corrected chi connectivity index (χ2v) is 6.12. The number of halogens is 1. The van der Waals surface area contributed by atoms with Gasteiger partial charge >= 0.3 is 0 Å². The van der Waals surface area contributed by atoms with Crippen molar-refractivity contribution in [2.45, 2.75) is 13.0 Å². The SMILES string of the molecule is CC(NC(=O)/C=C/c1cccc(N)c1)c1ccc(Cl)s1. The second-order valence-electron chi connectivity index (χ2n) is 4.38. The fraction of sp³-hybridized carbons (Fsp3) is 0.133. The van der Waals surface area contributed by atoms with Crippen LogP contribution >= 0.6 is 22.9 Å². The van der Waals surface area contributed by atoms with E-state index >= 15 is 0 Å². The zero-order valence-corrected chi connectivity index (χ0v) is 12.5. The Bertz CT molecular complexity index is 636. The van der Waals surface area contributed by atoms with Gasteiger partial charge in [-0.05, 0) is 42.8 Å². The first kappa shape index (κ1) is 14.6. The predicted octanol–water partition coefficient (Wildman–Crippen LogP) is 3.87. The van der Waals surface area contributed by atoms with Crippen molar-refractivity contribution in [3.8, 4) is 0 Å². The van der Waals surface area contributed by atoms with Crippen LogP contribution in [0.4, 0.5) is 5.69 Å². The van der Waals surface area contributed by atoms with Gasteiger partial charge in [-0.2, -0.15) is 0 Å². The summed E-state index contributed by atoms with van der Waals surface area (Å²) in [4.78, 5) is 12.9. The summed E-state index contributed by atoms with van der Waals surface area (Å²) in [6.45, 7) is 1.93. The molecule has 0 aliphatic carbocycles. The normalized spacial score (nSPS) is 12.5. The maximum Gasteiger partial charge on any atom is 0.244 e. The number of benzene rings is 1. The highest BCUT2D eigenvalue weighted by molar-refractivity contribution is 7.16. The lowest BCUT2D eigenvalue weighted by Gasteiger charge is -2.09. The largest absolute Gasteiger partial charge is 0.399 e. The van der Waals surface area contributed by atoms with Crippen LogP contribution in [0.5, 0.6) is 0 Å². The molecule has 1 amide bonds. The van der Waals surface area contributed by atoms with Crippen LogP contribution in [-0.2, 0) is 4.79 Å². The molecule has 104 valence electrons. The quantitative estimate of drug-likeness (QED) is 0.665. The first-order chi connectivity index (χ1) is 9.54. The molecule has 0 aliphatic rings. The highest BCUT2D eigenvalue weighted by atomic mass is 35.5. The van der Waals surface area contributed by atoms with Crippen LogP contribution in [0, 0.1) is 0 Å². The number of nitrogens with two attached hydrogens (primary N) is 1. The molecule has 1 heterocycles. The van der Waals surface area contributed by atoms with Crippen molar-refractivity contribution in [2.75, 3.05) is 5.73 Å². The van der Waals surface area contributed by atoms with Gasteiger partial charge in [0.2, 0.25) is 5.91 Å². The number of nitrogen functional groups attached to an aromatic ring is 1. The molecule has 0 bridgehead atoms. The standard InChI is InChI=1S/C15H15ClN2OS/c1-10(13-6-7-14(16)20-13)18-15(19)8-5-11-3-2-4-12(17)9-11/h2-10H,17H2,1H3,(H,18,19)/b8-5+. The number of hydrogen-bond acceptors (Lipinski definition) is 3. The molecule has 0 fully saturated rings. The fourth-order valence-corrected chi connectivity index (χ4v) is 2.79. The molecule has 0 saturated heterocycles. The third-order valence-electron chi connectivity index (χ3n) is 2.72. The number of carbonyl (C=O) groups excluding carboxylic acids is 1. The summed E-state index contributed by atoms with van der Waals surface area (Å²) < 4.78 is 0.719. The zero-order valence-electron chi connectivity index (χ0n) is 11.0. The van der Waals surface area contributed by atoms with Crippen LogP contribution in [0.3, 0.4) is 0 Å². The van der Waals surface area contributed by atoms with Crippen LogP contribution < -0.4 is 11.1 Å². The summed E-state index contributed by atoms with van der Waals surface area (Å²) in [5, 5.41) is 2.89. The molecule has 0 saturated carbocycles. The summed E-state index contributed by atoms with van der Waals surface area (Å²) in [7, 11) is 0. The lowest BCUT2D eigenvalue weighted by Crippen LogP contribution is -2.23. The van der Waals surface area contributed by atoms with Gasteiger partial charge in [-0.3, -0.25) is 4.79 Å². The molecule has 1 aromatic heterocycles. The third-order valence-corrected chi connectivity index (χ3v) is 4.13. The maximum atomic E-state index is 11.8. The van der Waals surface area contributed by atoms with Crippen molar-refractivity contribution in [2.24, 2.45) is 0 Å². The molecule has 20 heavy (non-hydrogen) atoms. The molecule has 0 aliphatic heterocycles. The third kappa shape index (κ3) is 4.11. The average molecular weight is 307 g/mol. The number of anilines is 1. The van der Waals surface area contributed by atoms with Crippen molar-refractivity contribution in [1.82, 2.24) is 5.32 Å². The Hall–Kier alpha value is -1.78.